The second-order valence-corrected chi connectivity index (χ2v) is 10.8. The van der Waals surface area contributed by atoms with Crippen LogP contribution in [0.2, 0.25) is 0 Å². The highest BCUT2D eigenvalue weighted by molar-refractivity contribution is 4.49. The molecule has 230 valence electrons. The van der Waals surface area contributed by atoms with Crippen molar-refractivity contribution in [3.63, 3.8) is 0 Å². The number of rotatable bonds is 35. The van der Waals surface area contributed by atoms with Crippen molar-refractivity contribution < 1.29 is 23.7 Å². The molecule has 0 radical (unpaired) electrons. The lowest BCUT2D eigenvalue weighted by Crippen LogP contribution is -2.13. The van der Waals surface area contributed by atoms with Gasteiger partial charge in [-0.3, -0.25) is 0 Å². The zero-order valence-electron chi connectivity index (χ0n) is 26.0. The number of hydrogen-bond acceptors (Lipinski definition) is 5. The van der Waals surface area contributed by atoms with Gasteiger partial charge in [0.25, 0.3) is 0 Å². The van der Waals surface area contributed by atoms with Crippen LogP contribution in [0.3, 0.4) is 0 Å². The summed E-state index contributed by atoms with van der Waals surface area (Å²) in [4.78, 5) is 0. The molecule has 0 fully saturated rings. The summed E-state index contributed by atoms with van der Waals surface area (Å²) in [5.41, 5.74) is 0. The van der Waals surface area contributed by atoms with Gasteiger partial charge in [0.05, 0.1) is 52.9 Å². The molecule has 0 rings (SSSR count). The zero-order chi connectivity index (χ0) is 27.5. The number of ether oxygens (including phenoxy) is 5. The minimum atomic E-state index is 0.608. The van der Waals surface area contributed by atoms with Gasteiger partial charge in [-0.15, -0.1) is 0 Å². The fourth-order valence-electron chi connectivity index (χ4n) is 4.54. The molecule has 0 spiro atoms. The maximum atomic E-state index is 5.67. The molecule has 0 aromatic rings. The van der Waals surface area contributed by atoms with E-state index in [1.54, 1.807) is 0 Å². The van der Waals surface area contributed by atoms with E-state index in [1.807, 2.05) is 0 Å². The molecular formula is C33H68O5. The van der Waals surface area contributed by atoms with Gasteiger partial charge in [0.1, 0.15) is 0 Å². The predicted molar refractivity (Wildman–Crippen MR) is 162 cm³/mol. The first-order valence-corrected chi connectivity index (χ1v) is 16.8. The van der Waals surface area contributed by atoms with E-state index in [1.165, 1.54) is 135 Å². The Morgan fingerprint density at radius 1 is 0.211 bits per heavy atom. The van der Waals surface area contributed by atoms with Crippen LogP contribution >= 0.6 is 0 Å². The summed E-state index contributed by atoms with van der Waals surface area (Å²) in [5.74, 6) is 0. The molecule has 5 heteroatoms. The van der Waals surface area contributed by atoms with Crippen molar-refractivity contribution in [2.45, 2.75) is 149 Å². The van der Waals surface area contributed by atoms with E-state index in [9.17, 15) is 0 Å². The van der Waals surface area contributed by atoms with Crippen molar-refractivity contribution in [3.05, 3.63) is 0 Å². The van der Waals surface area contributed by atoms with Crippen molar-refractivity contribution in [1.82, 2.24) is 0 Å². The maximum Gasteiger partial charge on any atom is 0.0701 e. The Labute approximate surface area is 238 Å². The smallest absolute Gasteiger partial charge is 0.0701 e. The number of unbranched alkanes of at least 4 members (excludes halogenated alkanes) is 19. The second kappa shape index (κ2) is 36.8. The zero-order valence-corrected chi connectivity index (χ0v) is 26.0. The molecule has 0 saturated heterocycles. The highest BCUT2D eigenvalue weighted by atomic mass is 16.6. The van der Waals surface area contributed by atoms with Gasteiger partial charge >= 0.3 is 0 Å². The summed E-state index contributed by atoms with van der Waals surface area (Å²) >= 11 is 0. The first-order valence-electron chi connectivity index (χ1n) is 16.8. The summed E-state index contributed by atoms with van der Waals surface area (Å²) in [5, 5.41) is 0. The van der Waals surface area contributed by atoms with Crippen molar-refractivity contribution in [2.24, 2.45) is 0 Å². The van der Waals surface area contributed by atoms with Crippen LogP contribution in [0.25, 0.3) is 0 Å². The largest absolute Gasteiger partial charge is 0.379 e. The van der Waals surface area contributed by atoms with Crippen molar-refractivity contribution >= 4 is 0 Å². The molecule has 0 aromatic heterocycles. The standard InChI is InChI=1S/C33H68O5/c1-3-5-7-9-11-13-14-15-16-17-19-21-23-25-35-27-29-37-31-33-38-32-30-36-28-26-34-24-22-20-18-12-10-8-6-4-2/h3-33H2,1-2H3. The van der Waals surface area contributed by atoms with Crippen LogP contribution in [0.4, 0.5) is 0 Å². The van der Waals surface area contributed by atoms with Crippen LogP contribution in [0.1, 0.15) is 149 Å². The third-order valence-corrected chi connectivity index (χ3v) is 7.02. The quantitative estimate of drug-likeness (QED) is 0.0744. The molecule has 0 heterocycles. The Morgan fingerprint density at radius 2 is 0.395 bits per heavy atom. The summed E-state index contributed by atoms with van der Waals surface area (Å²) < 4.78 is 28.0. The van der Waals surface area contributed by atoms with Gasteiger partial charge in [0.15, 0.2) is 0 Å². The summed E-state index contributed by atoms with van der Waals surface area (Å²) in [6.07, 6.45) is 28.7. The lowest BCUT2D eigenvalue weighted by atomic mass is 10.0. The SMILES string of the molecule is CCCCCCCCCCCCCCCOCCOCCOCCOCCOCCCCCCCCCC. The molecule has 38 heavy (non-hydrogen) atoms. The lowest BCUT2D eigenvalue weighted by Gasteiger charge is -2.08. The van der Waals surface area contributed by atoms with Crippen LogP contribution in [0, 0.1) is 0 Å². The summed E-state index contributed by atoms with van der Waals surface area (Å²) in [6.45, 7) is 11.4. The lowest BCUT2D eigenvalue weighted by molar-refractivity contribution is -0.0114. The Kier molecular flexibility index (Phi) is 36.6. The van der Waals surface area contributed by atoms with E-state index in [2.05, 4.69) is 13.8 Å². The molecule has 0 aliphatic carbocycles. The number of hydrogen-bond donors (Lipinski definition) is 0. The Hall–Kier alpha value is -0.200. The van der Waals surface area contributed by atoms with Gasteiger partial charge in [-0.25, -0.2) is 0 Å². The van der Waals surface area contributed by atoms with Crippen LogP contribution in [-0.2, 0) is 23.7 Å². The highest BCUT2D eigenvalue weighted by Crippen LogP contribution is 2.12. The average molecular weight is 545 g/mol. The molecule has 0 atom stereocenters. The van der Waals surface area contributed by atoms with Gasteiger partial charge < -0.3 is 23.7 Å². The minimum Gasteiger partial charge on any atom is -0.379 e. The molecule has 5 nitrogen and oxygen atoms in total. The van der Waals surface area contributed by atoms with E-state index >= 15 is 0 Å². The maximum absolute atomic E-state index is 5.67. The van der Waals surface area contributed by atoms with E-state index in [-0.39, 0.29) is 0 Å². The first-order chi connectivity index (χ1) is 18.9. The molecule has 0 aliphatic rings. The van der Waals surface area contributed by atoms with E-state index in [0.717, 1.165) is 13.2 Å². The fraction of sp³-hybridized carbons (Fsp3) is 1.00. The monoisotopic (exact) mass is 545 g/mol. The van der Waals surface area contributed by atoms with Gasteiger partial charge in [0, 0.05) is 13.2 Å². The molecule has 0 aromatic carbocycles. The third-order valence-electron chi connectivity index (χ3n) is 7.02. The van der Waals surface area contributed by atoms with Gasteiger partial charge in [-0.05, 0) is 12.8 Å². The molecule has 0 aliphatic heterocycles. The van der Waals surface area contributed by atoms with E-state index in [0.29, 0.717) is 52.9 Å². The fourth-order valence-corrected chi connectivity index (χ4v) is 4.54. The van der Waals surface area contributed by atoms with Gasteiger partial charge in [-0.2, -0.15) is 0 Å². The molecule has 0 N–H and O–H groups in total. The average Bonchev–Trinajstić information content (AvgIpc) is 2.93. The topological polar surface area (TPSA) is 46.2 Å². The van der Waals surface area contributed by atoms with Crippen molar-refractivity contribution in [1.29, 1.82) is 0 Å². The summed E-state index contributed by atoms with van der Waals surface area (Å²) in [7, 11) is 0. The normalized spacial score (nSPS) is 11.5. The second-order valence-electron chi connectivity index (χ2n) is 10.8. The van der Waals surface area contributed by atoms with Gasteiger partial charge in [0.2, 0.25) is 0 Å². The highest BCUT2D eigenvalue weighted by Gasteiger charge is 1.96. The van der Waals surface area contributed by atoms with Crippen LogP contribution in [-0.4, -0.2) is 66.1 Å². The molecule has 0 unspecified atom stereocenters. The van der Waals surface area contributed by atoms with E-state index in [4.69, 9.17) is 23.7 Å². The van der Waals surface area contributed by atoms with Crippen LogP contribution < -0.4 is 0 Å². The summed E-state index contributed by atoms with van der Waals surface area (Å²) in [6, 6.07) is 0. The third kappa shape index (κ3) is 35.8. The molecule has 0 saturated carbocycles. The van der Waals surface area contributed by atoms with Gasteiger partial charge in [-0.1, -0.05) is 136 Å². The molecule has 0 bridgehead atoms. The van der Waals surface area contributed by atoms with Crippen molar-refractivity contribution in [3.8, 4) is 0 Å². The Bertz CT molecular complexity index is 358. The van der Waals surface area contributed by atoms with Crippen molar-refractivity contribution in [2.75, 3.05) is 66.1 Å². The molecular weight excluding hydrogens is 476 g/mol. The van der Waals surface area contributed by atoms with Crippen LogP contribution in [0.5, 0.6) is 0 Å². The predicted octanol–water partition coefficient (Wildman–Crippen LogP) is 9.30. The first kappa shape index (κ1) is 37.8. The van der Waals surface area contributed by atoms with E-state index < -0.39 is 0 Å². The molecule has 0 amide bonds. The Morgan fingerprint density at radius 3 is 0.632 bits per heavy atom. The Balaban J connectivity index is 3.01. The minimum absolute atomic E-state index is 0.608. The van der Waals surface area contributed by atoms with Crippen LogP contribution in [0.15, 0.2) is 0 Å².